The summed E-state index contributed by atoms with van der Waals surface area (Å²) in [5.41, 5.74) is 4.08. The number of halogens is 1. The van der Waals surface area contributed by atoms with E-state index >= 15 is 0 Å². The van der Waals surface area contributed by atoms with Crippen molar-refractivity contribution in [2.24, 2.45) is 0 Å². The molecule has 2 aromatic rings. The van der Waals surface area contributed by atoms with Crippen molar-refractivity contribution < 1.29 is 4.74 Å². The van der Waals surface area contributed by atoms with Crippen molar-refractivity contribution in [2.45, 2.75) is 12.5 Å². The van der Waals surface area contributed by atoms with Gasteiger partial charge in [-0.3, -0.25) is 0 Å². The van der Waals surface area contributed by atoms with E-state index in [1.807, 2.05) is 6.07 Å². The number of hydrogen-bond donors (Lipinski definition) is 1. The highest BCUT2D eigenvalue weighted by molar-refractivity contribution is 14.1. The molecule has 2 aromatic carbocycles. The van der Waals surface area contributed by atoms with Crippen LogP contribution in [0.1, 0.15) is 22.7 Å². The molecular formula is C16H16INO. The van der Waals surface area contributed by atoms with E-state index in [1.165, 1.54) is 20.3 Å². The Balaban J connectivity index is 2.00. The van der Waals surface area contributed by atoms with E-state index < -0.39 is 0 Å². The first-order valence-electron chi connectivity index (χ1n) is 6.43. The average molecular weight is 365 g/mol. The van der Waals surface area contributed by atoms with Crippen molar-refractivity contribution in [3.63, 3.8) is 0 Å². The van der Waals surface area contributed by atoms with Gasteiger partial charge in [0.25, 0.3) is 0 Å². The van der Waals surface area contributed by atoms with Gasteiger partial charge in [-0.2, -0.15) is 0 Å². The summed E-state index contributed by atoms with van der Waals surface area (Å²) in [6.07, 6.45) is 1.06. The minimum Gasteiger partial charge on any atom is -0.497 e. The second-order valence-electron chi connectivity index (χ2n) is 4.75. The summed E-state index contributed by atoms with van der Waals surface area (Å²) in [7, 11) is 1.72. The summed E-state index contributed by atoms with van der Waals surface area (Å²) in [4.78, 5) is 0. The number of fused-ring (bicyclic) bond motifs is 1. The normalized spacial score (nSPS) is 17.9. The van der Waals surface area contributed by atoms with Crippen LogP contribution in [0.4, 0.5) is 0 Å². The number of benzene rings is 2. The van der Waals surface area contributed by atoms with Crippen LogP contribution in [-0.2, 0) is 6.42 Å². The van der Waals surface area contributed by atoms with Gasteiger partial charge in [0.2, 0.25) is 0 Å². The Morgan fingerprint density at radius 3 is 2.68 bits per heavy atom. The molecule has 0 saturated heterocycles. The fourth-order valence-electron chi connectivity index (χ4n) is 2.62. The fraction of sp³-hybridized carbons (Fsp3) is 0.250. The highest BCUT2D eigenvalue weighted by atomic mass is 127. The highest BCUT2D eigenvalue weighted by Gasteiger charge is 2.21. The van der Waals surface area contributed by atoms with Crippen LogP contribution in [0, 0.1) is 3.57 Å². The van der Waals surface area contributed by atoms with Gasteiger partial charge in [0, 0.05) is 10.1 Å². The van der Waals surface area contributed by atoms with E-state index in [1.54, 1.807) is 7.11 Å². The average Bonchev–Trinajstić information content (AvgIpc) is 2.47. The van der Waals surface area contributed by atoms with Crippen LogP contribution in [0.5, 0.6) is 5.75 Å². The Kier molecular flexibility index (Phi) is 3.75. The molecule has 98 valence electrons. The molecule has 1 atom stereocenters. The van der Waals surface area contributed by atoms with Crippen molar-refractivity contribution in [3.05, 3.63) is 62.7 Å². The van der Waals surface area contributed by atoms with Crippen LogP contribution >= 0.6 is 22.6 Å². The van der Waals surface area contributed by atoms with Crippen molar-refractivity contribution in [1.82, 2.24) is 5.32 Å². The van der Waals surface area contributed by atoms with E-state index in [4.69, 9.17) is 4.74 Å². The molecule has 19 heavy (non-hydrogen) atoms. The molecule has 0 saturated carbocycles. The largest absolute Gasteiger partial charge is 0.497 e. The van der Waals surface area contributed by atoms with Crippen molar-refractivity contribution in [2.75, 3.05) is 13.7 Å². The Bertz CT molecular complexity index is 580. The quantitative estimate of drug-likeness (QED) is 0.823. The van der Waals surface area contributed by atoms with Gasteiger partial charge >= 0.3 is 0 Å². The molecule has 0 aliphatic carbocycles. The third kappa shape index (κ3) is 2.62. The van der Waals surface area contributed by atoms with Crippen LogP contribution in [0.3, 0.4) is 0 Å². The molecule has 0 aromatic heterocycles. The SMILES string of the molecule is COc1ccc2c(c1)CCNC2c1ccc(I)cc1. The lowest BCUT2D eigenvalue weighted by Gasteiger charge is -2.27. The third-order valence-electron chi connectivity index (χ3n) is 3.61. The molecule has 1 heterocycles. The standard InChI is InChI=1S/C16H16INO/c1-19-14-6-7-15-12(10-14)8-9-18-16(15)11-2-4-13(17)5-3-11/h2-7,10,16,18H,8-9H2,1H3. The van der Waals surface area contributed by atoms with Crippen LogP contribution in [0.15, 0.2) is 42.5 Å². The minimum atomic E-state index is 0.298. The van der Waals surface area contributed by atoms with Gasteiger partial charge in [0.15, 0.2) is 0 Å². The van der Waals surface area contributed by atoms with E-state index in [0.29, 0.717) is 6.04 Å². The van der Waals surface area contributed by atoms with Crippen molar-refractivity contribution in [1.29, 1.82) is 0 Å². The smallest absolute Gasteiger partial charge is 0.119 e. The summed E-state index contributed by atoms with van der Waals surface area (Å²) >= 11 is 2.34. The number of methoxy groups -OCH3 is 1. The predicted octanol–water partition coefficient (Wildman–Crippen LogP) is 3.53. The molecule has 1 aliphatic rings. The Morgan fingerprint density at radius 2 is 1.95 bits per heavy atom. The second kappa shape index (κ2) is 5.51. The topological polar surface area (TPSA) is 21.3 Å². The first kappa shape index (κ1) is 12.9. The summed E-state index contributed by atoms with van der Waals surface area (Å²) in [5.74, 6) is 0.946. The molecular weight excluding hydrogens is 349 g/mol. The monoisotopic (exact) mass is 365 g/mol. The van der Waals surface area contributed by atoms with E-state index in [2.05, 4.69) is 64.3 Å². The lowest BCUT2D eigenvalue weighted by Crippen LogP contribution is -2.30. The zero-order valence-electron chi connectivity index (χ0n) is 10.8. The molecule has 3 rings (SSSR count). The molecule has 1 unspecified atom stereocenters. The van der Waals surface area contributed by atoms with Crippen LogP contribution < -0.4 is 10.1 Å². The summed E-state index contributed by atoms with van der Waals surface area (Å²) in [6, 6.07) is 15.4. The number of hydrogen-bond acceptors (Lipinski definition) is 2. The zero-order valence-corrected chi connectivity index (χ0v) is 13.0. The lowest BCUT2D eigenvalue weighted by atomic mass is 9.90. The van der Waals surface area contributed by atoms with Gasteiger partial charge in [-0.05, 0) is 70.0 Å². The maximum absolute atomic E-state index is 5.32. The molecule has 0 bridgehead atoms. The predicted molar refractivity (Wildman–Crippen MR) is 85.7 cm³/mol. The van der Waals surface area contributed by atoms with E-state index in [9.17, 15) is 0 Å². The fourth-order valence-corrected chi connectivity index (χ4v) is 2.98. The number of nitrogens with one attached hydrogen (secondary N) is 1. The third-order valence-corrected chi connectivity index (χ3v) is 4.33. The number of ether oxygens (including phenoxy) is 1. The summed E-state index contributed by atoms with van der Waals surface area (Å²) in [5, 5.41) is 3.61. The molecule has 1 N–H and O–H groups in total. The molecule has 0 spiro atoms. The van der Waals surface area contributed by atoms with Crippen molar-refractivity contribution >= 4 is 22.6 Å². The summed E-state index contributed by atoms with van der Waals surface area (Å²) in [6.45, 7) is 1.01. The first-order valence-corrected chi connectivity index (χ1v) is 7.51. The van der Waals surface area contributed by atoms with Gasteiger partial charge in [-0.1, -0.05) is 18.2 Å². The molecule has 2 nitrogen and oxygen atoms in total. The van der Waals surface area contributed by atoms with Crippen LogP contribution in [0.2, 0.25) is 0 Å². The Hall–Kier alpha value is -1.07. The van der Waals surface area contributed by atoms with Gasteiger partial charge in [0.1, 0.15) is 5.75 Å². The van der Waals surface area contributed by atoms with Gasteiger partial charge in [-0.15, -0.1) is 0 Å². The maximum atomic E-state index is 5.32. The van der Waals surface area contributed by atoms with E-state index in [0.717, 1.165) is 18.7 Å². The Labute approximate surface area is 127 Å². The van der Waals surface area contributed by atoms with Crippen LogP contribution in [0.25, 0.3) is 0 Å². The van der Waals surface area contributed by atoms with Gasteiger partial charge < -0.3 is 10.1 Å². The molecule has 3 heteroatoms. The minimum absolute atomic E-state index is 0.298. The lowest BCUT2D eigenvalue weighted by molar-refractivity contribution is 0.413. The van der Waals surface area contributed by atoms with Crippen molar-refractivity contribution in [3.8, 4) is 5.75 Å². The number of rotatable bonds is 2. The maximum Gasteiger partial charge on any atom is 0.119 e. The second-order valence-corrected chi connectivity index (χ2v) is 6.00. The van der Waals surface area contributed by atoms with Gasteiger partial charge in [-0.25, -0.2) is 0 Å². The summed E-state index contributed by atoms with van der Waals surface area (Å²) < 4.78 is 6.59. The molecule has 0 radical (unpaired) electrons. The Morgan fingerprint density at radius 1 is 1.16 bits per heavy atom. The zero-order chi connectivity index (χ0) is 13.2. The molecule has 0 fully saturated rings. The molecule has 0 amide bonds. The highest BCUT2D eigenvalue weighted by Crippen LogP contribution is 2.31. The molecule has 1 aliphatic heterocycles. The van der Waals surface area contributed by atoms with Crippen LogP contribution in [-0.4, -0.2) is 13.7 Å². The van der Waals surface area contributed by atoms with Gasteiger partial charge in [0.05, 0.1) is 13.2 Å². The first-order chi connectivity index (χ1) is 9.28. The van der Waals surface area contributed by atoms with E-state index in [-0.39, 0.29) is 0 Å².